The molecule has 0 heterocycles. The Morgan fingerprint density at radius 3 is 2.50 bits per heavy atom. The zero-order chi connectivity index (χ0) is 11.8. The highest BCUT2D eigenvalue weighted by molar-refractivity contribution is 5.13. The fraction of sp³-hybridized carbons (Fsp3) is 0.571. The van der Waals surface area contributed by atoms with Crippen molar-refractivity contribution in [2.45, 2.75) is 39.4 Å². The fourth-order valence-corrected chi connectivity index (χ4v) is 1.75. The first-order valence-corrected chi connectivity index (χ1v) is 5.98. The molecule has 2 unspecified atom stereocenters. The van der Waals surface area contributed by atoms with E-state index in [1.165, 1.54) is 5.56 Å². The monoisotopic (exact) mass is 222 g/mol. The van der Waals surface area contributed by atoms with E-state index in [4.69, 9.17) is 4.74 Å². The first-order valence-electron chi connectivity index (χ1n) is 5.98. The first-order chi connectivity index (χ1) is 7.68. The first kappa shape index (κ1) is 13.2. The molecule has 1 N–H and O–H groups in total. The van der Waals surface area contributed by atoms with E-state index in [-0.39, 0.29) is 6.10 Å². The maximum atomic E-state index is 9.22. The SMILES string of the molecule is CC(O)CC(C)CCOCc1ccccc1. The third-order valence-corrected chi connectivity index (χ3v) is 2.61. The molecule has 0 aromatic heterocycles. The summed E-state index contributed by atoms with van der Waals surface area (Å²) in [7, 11) is 0. The Hall–Kier alpha value is -0.860. The van der Waals surface area contributed by atoms with Crippen LogP contribution in [0.2, 0.25) is 0 Å². The lowest BCUT2D eigenvalue weighted by atomic mass is 10.0. The molecule has 0 amide bonds. The molecule has 1 rings (SSSR count). The van der Waals surface area contributed by atoms with Crippen molar-refractivity contribution >= 4 is 0 Å². The Morgan fingerprint density at radius 2 is 1.88 bits per heavy atom. The van der Waals surface area contributed by atoms with Gasteiger partial charge in [0.05, 0.1) is 12.7 Å². The van der Waals surface area contributed by atoms with Gasteiger partial charge in [-0.05, 0) is 31.2 Å². The highest BCUT2D eigenvalue weighted by Gasteiger charge is 2.05. The number of ether oxygens (including phenoxy) is 1. The van der Waals surface area contributed by atoms with Gasteiger partial charge in [0.1, 0.15) is 0 Å². The van der Waals surface area contributed by atoms with Crippen molar-refractivity contribution in [3.8, 4) is 0 Å². The molecular formula is C14H22O2. The molecule has 0 spiro atoms. The molecule has 0 aliphatic carbocycles. The Kier molecular flexibility index (Phi) is 6.12. The third-order valence-electron chi connectivity index (χ3n) is 2.61. The van der Waals surface area contributed by atoms with Crippen LogP contribution in [-0.4, -0.2) is 17.8 Å². The maximum Gasteiger partial charge on any atom is 0.0716 e. The average Bonchev–Trinajstić information content (AvgIpc) is 2.25. The summed E-state index contributed by atoms with van der Waals surface area (Å²) in [4.78, 5) is 0. The van der Waals surface area contributed by atoms with Gasteiger partial charge in [-0.15, -0.1) is 0 Å². The number of aliphatic hydroxyl groups excluding tert-OH is 1. The van der Waals surface area contributed by atoms with E-state index < -0.39 is 0 Å². The molecule has 0 bridgehead atoms. The van der Waals surface area contributed by atoms with Crippen LogP contribution in [0, 0.1) is 5.92 Å². The summed E-state index contributed by atoms with van der Waals surface area (Å²) in [6.45, 7) is 5.44. The van der Waals surface area contributed by atoms with Crippen LogP contribution in [0.25, 0.3) is 0 Å². The van der Waals surface area contributed by atoms with Crippen LogP contribution in [0.4, 0.5) is 0 Å². The molecule has 0 aliphatic rings. The van der Waals surface area contributed by atoms with Gasteiger partial charge in [0.2, 0.25) is 0 Å². The Labute approximate surface area is 98.3 Å². The normalized spacial score (nSPS) is 14.7. The molecular weight excluding hydrogens is 200 g/mol. The number of hydrogen-bond donors (Lipinski definition) is 1. The molecule has 0 fully saturated rings. The van der Waals surface area contributed by atoms with E-state index in [1.54, 1.807) is 0 Å². The van der Waals surface area contributed by atoms with Crippen molar-refractivity contribution in [3.05, 3.63) is 35.9 Å². The third kappa shape index (κ3) is 5.89. The Balaban J connectivity index is 2.08. The van der Waals surface area contributed by atoms with Gasteiger partial charge in [-0.1, -0.05) is 37.3 Å². The number of benzene rings is 1. The highest BCUT2D eigenvalue weighted by atomic mass is 16.5. The maximum absolute atomic E-state index is 9.22. The minimum Gasteiger partial charge on any atom is -0.393 e. The van der Waals surface area contributed by atoms with Gasteiger partial charge in [0, 0.05) is 6.61 Å². The van der Waals surface area contributed by atoms with Crippen LogP contribution >= 0.6 is 0 Å². The molecule has 1 aromatic carbocycles. The molecule has 90 valence electrons. The molecule has 0 radical (unpaired) electrons. The predicted molar refractivity (Wildman–Crippen MR) is 66.2 cm³/mol. The van der Waals surface area contributed by atoms with E-state index >= 15 is 0 Å². The summed E-state index contributed by atoms with van der Waals surface area (Å²) < 4.78 is 5.59. The Morgan fingerprint density at radius 1 is 1.19 bits per heavy atom. The van der Waals surface area contributed by atoms with Crippen LogP contribution < -0.4 is 0 Å². The zero-order valence-corrected chi connectivity index (χ0v) is 10.2. The summed E-state index contributed by atoms with van der Waals surface area (Å²) in [6, 6.07) is 10.2. The van der Waals surface area contributed by atoms with Gasteiger partial charge in [0.15, 0.2) is 0 Å². The second-order valence-corrected chi connectivity index (χ2v) is 4.52. The number of aliphatic hydroxyl groups is 1. The second kappa shape index (κ2) is 7.42. The van der Waals surface area contributed by atoms with Crippen molar-refractivity contribution in [2.75, 3.05) is 6.61 Å². The largest absolute Gasteiger partial charge is 0.393 e. The molecule has 0 saturated heterocycles. The minimum absolute atomic E-state index is 0.205. The molecule has 2 heteroatoms. The van der Waals surface area contributed by atoms with Crippen LogP contribution in [-0.2, 0) is 11.3 Å². The highest BCUT2D eigenvalue weighted by Crippen LogP contribution is 2.11. The summed E-state index contributed by atoms with van der Waals surface area (Å²) in [5, 5.41) is 9.22. The van der Waals surface area contributed by atoms with Gasteiger partial charge in [-0.2, -0.15) is 0 Å². The van der Waals surface area contributed by atoms with Crippen LogP contribution in [0.5, 0.6) is 0 Å². The van der Waals surface area contributed by atoms with Crippen LogP contribution in [0.3, 0.4) is 0 Å². The predicted octanol–water partition coefficient (Wildman–Crippen LogP) is 3.00. The quantitative estimate of drug-likeness (QED) is 0.719. The van der Waals surface area contributed by atoms with Crippen molar-refractivity contribution in [1.82, 2.24) is 0 Å². The van der Waals surface area contributed by atoms with Crippen molar-refractivity contribution in [2.24, 2.45) is 5.92 Å². The van der Waals surface area contributed by atoms with Crippen molar-refractivity contribution in [1.29, 1.82) is 0 Å². The lowest BCUT2D eigenvalue weighted by Gasteiger charge is -2.13. The standard InChI is InChI=1S/C14H22O2/c1-12(10-13(2)15)8-9-16-11-14-6-4-3-5-7-14/h3-7,12-13,15H,8-11H2,1-2H3. The average molecular weight is 222 g/mol. The van der Waals surface area contributed by atoms with Crippen LogP contribution in [0.15, 0.2) is 30.3 Å². The Bertz CT molecular complexity index is 269. The zero-order valence-electron chi connectivity index (χ0n) is 10.2. The second-order valence-electron chi connectivity index (χ2n) is 4.52. The van der Waals surface area contributed by atoms with Gasteiger partial charge in [0.25, 0.3) is 0 Å². The molecule has 2 nitrogen and oxygen atoms in total. The topological polar surface area (TPSA) is 29.5 Å². The minimum atomic E-state index is -0.205. The van der Waals surface area contributed by atoms with E-state index in [9.17, 15) is 5.11 Å². The van der Waals surface area contributed by atoms with E-state index in [2.05, 4.69) is 19.1 Å². The lowest BCUT2D eigenvalue weighted by molar-refractivity contribution is 0.0970. The molecule has 16 heavy (non-hydrogen) atoms. The molecule has 0 saturated carbocycles. The molecule has 1 aromatic rings. The summed E-state index contributed by atoms with van der Waals surface area (Å²) in [6.07, 6.45) is 1.66. The van der Waals surface area contributed by atoms with Gasteiger partial charge in [-0.3, -0.25) is 0 Å². The summed E-state index contributed by atoms with van der Waals surface area (Å²) in [5.41, 5.74) is 1.21. The van der Waals surface area contributed by atoms with Gasteiger partial charge in [-0.25, -0.2) is 0 Å². The van der Waals surface area contributed by atoms with Gasteiger partial charge < -0.3 is 9.84 Å². The van der Waals surface area contributed by atoms with E-state index in [0.717, 1.165) is 19.4 Å². The fourth-order valence-electron chi connectivity index (χ4n) is 1.75. The van der Waals surface area contributed by atoms with E-state index in [0.29, 0.717) is 12.5 Å². The summed E-state index contributed by atoms with van der Waals surface area (Å²) >= 11 is 0. The molecule has 2 atom stereocenters. The van der Waals surface area contributed by atoms with Gasteiger partial charge >= 0.3 is 0 Å². The number of rotatable bonds is 7. The lowest BCUT2D eigenvalue weighted by Crippen LogP contribution is -2.09. The van der Waals surface area contributed by atoms with Crippen molar-refractivity contribution < 1.29 is 9.84 Å². The molecule has 0 aliphatic heterocycles. The summed E-state index contributed by atoms with van der Waals surface area (Å²) in [5.74, 6) is 0.524. The number of hydrogen-bond acceptors (Lipinski definition) is 2. The van der Waals surface area contributed by atoms with Crippen molar-refractivity contribution in [3.63, 3.8) is 0 Å². The van der Waals surface area contributed by atoms with Crippen LogP contribution in [0.1, 0.15) is 32.3 Å². The smallest absolute Gasteiger partial charge is 0.0716 e. The van der Waals surface area contributed by atoms with E-state index in [1.807, 2.05) is 25.1 Å².